The van der Waals surface area contributed by atoms with E-state index >= 15 is 0 Å². The van der Waals surface area contributed by atoms with Gasteiger partial charge in [-0.25, -0.2) is 0 Å². The van der Waals surface area contributed by atoms with Crippen LogP contribution in [-0.2, 0) is 9.59 Å². The molecule has 0 atom stereocenters. The van der Waals surface area contributed by atoms with Crippen LogP contribution in [0.3, 0.4) is 0 Å². The number of hydrogen-bond donors (Lipinski definition) is 1. The van der Waals surface area contributed by atoms with Crippen LogP contribution < -0.4 is 10.2 Å². The molecule has 0 saturated carbocycles. The number of benzene rings is 2. The highest BCUT2D eigenvalue weighted by Gasteiger charge is 2.34. The lowest BCUT2D eigenvalue weighted by Crippen LogP contribution is -2.54. The van der Waals surface area contributed by atoms with E-state index in [1.54, 1.807) is 30.3 Å². The van der Waals surface area contributed by atoms with Gasteiger partial charge in [0.15, 0.2) is 5.11 Å². The van der Waals surface area contributed by atoms with E-state index in [0.717, 1.165) is 5.56 Å². The lowest BCUT2D eigenvalue weighted by molar-refractivity contribution is -0.122. The topological polar surface area (TPSA) is 49.4 Å². The Bertz CT molecular complexity index is 902. The summed E-state index contributed by atoms with van der Waals surface area (Å²) in [5.41, 5.74) is 2.55. The van der Waals surface area contributed by atoms with Crippen LogP contribution in [0.1, 0.15) is 30.9 Å². The molecule has 0 aliphatic carbocycles. The molecular formula is C20H17ClN2O2S. The Morgan fingerprint density at radius 3 is 2.23 bits per heavy atom. The Balaban J connectivity index is 1.95. The van der Waals surface area contributed by atoms with Crippen molar-refractivity contribution < 1.29 is 9.59 Å². The SMILES string of the molecule is CC(C)c1ccc(/C=C2\C(=O)NC(=S)N(c3ccc(Cl)cc3)C2=O)cc1. The quantitative estimate of drug-likeness (QED) is 0.487. The number of rotatable bonds is 3. The van der Waals surface area contributed by atoms with Crippen molar-refractivity contribution in [3.05, 3.63) is 70.3 Å². The first-order valence-electron chi connectivity index (χ1n) is 8.14. The predicted molar refractivity (Wildman–Crippen MR) is 108 cm³/mol. The van der Waals surface area contributed by atoms with E-state index in [1.165, 1.54) is 10.5 Å². The predicted octanol–water partition coefficient (Wildman–Crippen LogP) is 4.29. The highest BCUT2D eigenvalue weighted by atomic mass is 35.5. The molecule has 4 nitrogen and oxygen atoms in total. The fourth-order valence-corrected chi connectivity index (χ4v) is 3.03. The van der Waals surface area contributed by atoms with E-state index in [-0.39, 0.29) is 10.7 Å². The lowest BCUT2D eigenvalue weighted by Gasteiger charge is -2.29. The van der Waals surface area contributed by atoms with E-state index in [9.17, 15) is 9.59 Å². The van der Waals surface area contributed by atoms with Crippen LogP contribution in [0.2, 0.25) is 5.02 Å². The Morgan fingerprint density at radius 1 is 1.04 bits per heavy atom. The van der Waals surface area contributed by atoms with Gasteiger partial charge in [0.2, 0.25) is 0 Å². The number of hydrogen-bond acceptors (Lipinski definition) is 3. The van der Waals surface area contributed by atoms with Crippen LogP contribution >= 0.6 is 23.8 Å². The average Bonchev–Trinajstić information content (AvgIpc) is 2.60. The minimum absolute atomic E-state index is 0.0332. The molecule has 1 saturated heterocycles. The molecule has 3 rings (SSSR count). The molecule has 1 aliphatic rings. The van der Waals surface area contributed by atoms with Crippen molar-refractivity contribution in [1.29, 1.82) is 0 Å². The molecule has 1 aliphatic heterocycles. The Morgan fingerprint density at radius 2 is 1.65 bits per heavy atom. The summed E-state index contributed by atoms with van der Waals surface area (Å²) in [5, 5.41) is 3.17. The second kappa shape index (κ2) is 7.40. The number of nitrogens with one attached hydrogen (secondary N) is 1. The fraction of sp³-hybridized carbons (Fsp3) is 0.150. The highest BCUT2D eigenvalue weighted by molar-refractivity contribution is 7.80. The molecule has 1 N–H and O–H groups in total. The summed E-state index contributed by atoms with van der Waals surface area (Å²) >= 11 is 11.1. The second-order valence-electron chi connectivity index (χ2n) is 6.26. The third-order valence-corrected chi connectivity index (χ3v) is 4.64. The lowest BCUT2D eigenvalue weighted by atomic mass is 10.0. The maximum Gasteiger partial charge on any atom is 0.270 e. The average molecular weight is 385 g/mol. The number of anilines is 1. The number of thiocarbonyl (C=S) groups is 1. The Hall–Kier alpha value is -2.50. The molecule has 0 spiro atoms. The van der Waals surface area contributed by atoms with E-state index in [2.05, 4.69) is 19.2 Å². The fourth-order valence-electron chi connectivity index (χ4n) is 2.63. The summed E-state index contributed by atoms with van der Waals surface area (Å²) < 4.78 is 0. The molecule has 0 radical (unpaired) electrons. The van der Waals surface area contributed by atoms with Crippen molar-refractivity contribution in [3.8, 4) is 0 Å². The van der Waals surface area contributed by atoms with Gasteiger partial charge < -0.3 is 0 Å². The van der Waals surface area contributed by atoms with Crippen molar-refractivity contribution in [2.75, 3.05) is 4.90 Å². The summed E-state index contributed by atoms with van der Waals surface area (Å²) in [5.74, 6) is -0.554. The molecule has 0 bridgehead atoms. The van der Waals surface area contributed by atoms with E-state index in [1.807, 2.05) is 24.3 Å². The highest BCUT2D eigenvalue weighted by Crippen LogP contribution is 2.24. The van der Waals surface area contributed by atoms with Crippen LogP contribution in [0, 0.1) is 0 Å². The maximum absolute atomic E-state index is 12.9. The minimum atomic E-state index is -0.502. The zero-order valence-electron chi connectivity index (χ0n) is 14.3. The molecule has 2 aromatic carbocycles. The Labute approximate surface area is 162 Å². The van der Waals surface area contributed by atoms with Crippen LogP contribution in [0.25, 0.3) is 6.08 Å². The minimum Gasteiger partial charge on any atom is -0.298 e. The van der Waals surface area contributed by atoms with Gasteiger partial charge in [0, 0.05) is 5.02 Å². The smallest absolute Gasteiger partial charge is 0.270 e. The number of halogens is 1. The van der Waals surface area contributed by atoms with Crippen LogP contribution in [-0.4, -0.2) is 16.9 Å². The number of carbonyl (C=O) groups is 2. The van der Waals surface area contributed by atoms with E-state index in [4.69, 9.17) is 23.8 Å². The molecule has 0 unspecified atom stereocenters. The molecule has 6 heteroatoms. The third-order valence-electron chi connectivity index (χ3n) is 4.10. The number of amides is 2. The van der Waals surface area contributed by atoms with Crippen molar-refractivity contribution in [2.24, 2.45) is 0 Å². The molecule has 132 valence electrons. The normalized spacial score (nSPS) is 16.4. The first-order valence-corrected chi connectivity index (χ1v) is 8.92. The van der Waals surface area contributed by atoms with E-state index in [0.29, 0.717) is 16.6 Å². The van der Waals surface area contributed by atoms with Crippen molar-refractivity contribution in [1.82, 2.24) is 5.32 Å². The standard InChI is InChI=1S/C20H17ClN2O2S/c1-12(2)14-5-3-13(4-6-14)11-17-18(24)22-20(26)23(19(17)25)16-9-7-15(21)8-10-16/h3-12H,1-2H3,(H,22,24,26)/b17-11+. The number of carbonyl (C=O) groups excluding carboxylic acids is 2. The van der Waals surface area contributed by atoms with Crippen molar-refractivity contribution >= 4 is 52.5 Å². The van der Waals surface area contributed by atoms with Crippen molar-refractivity contribution in [2.45, 2.75) is 19.8 Å². The molecule has 2 aromatic rings. The summed E-state index contributed by atoms with van der Waals surface area (Å²) in [6, 6.07) is 14.4. The van der Waals surface area contributed by atoms with Gasteiger partial charge in [0.25, 0.3) is 11.8 Å². The first-order chi connectivity index (χ1) is 12.4. The molecule has 2 amide bonds. The summed E-state index contributed by atoms with van der Waals surface area (Å²) in [4.78, 5) is 26.5. The summed E-state index contributed by atoms with van der Waals surface area (Å²) in [7, 11) is 0. The van der Waals surface area contributed by atoms with Crippen LogP contribution in [0.4, 0.5) is 5.69 Å². The maximum atomic E-state index is 12.9. The Kier molecular flexibility index (Phi) is 5.20. The third kappa shape index (κ3) is 3.69. The first kappa shape index (κ1) is 18.3. The zero-order chi connectivity index (χ0) is 18.8. The van der Waals surface area contributed by atoms with Gasteiger partial charge in [-0.3, -0.25) is 19.8 Å². The van der Waals surface area contributed by atoms with Crippen LogP contribution in [0.5, 0.6) is 0 Å². The molecule has 26 heavy (non-hydrogen) atoms. The number of nitrogens with zero attached hydrogens (tertiary/aromatic N) is 1. The summed E-state index contributed by atoms with van der Waals surface area (Å²) in [6.07, 6.45) is 1.58. The van der Waals surface area contributed by atoms with Crippen LogP contribution in [0.15, 0.2) is 54.1 Å². The summed E-state index contributed by atoms with van der Waals surface area (Å²) in [6.45, 7) is 4.22. The van der Waals surface area contributed by atoms with Crippen molar-refractivity contribution in [3.63, 3.8) is 0 Å². The molecule has 0 aromatic heterocycles. The van der Waals surface area contributed by atoms with Gasteiger partial charge in [-0.1, -0.05) is 49.7 Å². The van der Waals surface area contributed by atoms with Gasteiger partial charge in [-0.05, 0) is 59.6 Å². The molecule has 1 heterocycles. The van der Waals surface area contributed by atoms with Gasteiger partial charge in [-0.2, -0.15) is 0 Å². The van der Waals surface area contributed by atoms with E-state index < -0.39 is 11.8 Å². The largest absolute Gasteiger partial charge is 0.298 e. The molecular weight excluding hydrogens is 368 g/mol. The zero-order valence-corrected chi connectivity index (χ0v) is 15.9. The monoisotopic (exact) mass is 384 g/mol. The van der Waals surface area contributed by atoms with Gasteiger partial charge >= 0.3 is 0 Å². The van der Waals surface area contributed by atoms with Gasteiger partial charge in [-0.15, -0.1) is 0 Å². The molecule has 1 fully saturated rings. The second-order valence-corrected chi connectivity index (χ2v) is 7.08. The van der Waals surface area contributed by atoms with Gasteiger partial charge in [0.05, 0.1) is 5.69 Å². The van der Waals surface area contributed by atoms with Gasteiger partial charge in [0.1, 0.15) is 5.57 Å².